The minimum atomic E-state index is 1.09. The van der Waals surface area contributed by atoms with Crippen molar-refractivity contribution in [2.45, 2.75) is 34.6 Å². The molecule has 0 nitrogen and oxygen atoms in total. The molecule has 0 fully saturated rings. The first-order chi connectivity index (χ1) is 6.13. The number of hydrogen-bond donors (Lipinski definition) is 0. The van der Waals surface area contributed by atoms with Gasteiger partial charge in [0.05, 0.1) is 0 Å². The van der Waals surface area contributed by atoms with E-state index in [0.29, 0.717) is 0 Å². The molecule has 0 aliphatic heterocycles. The third-order valence-electron chi connectivity index (χ3n) is 1.75. The first kappa shape index (κ1) is 14.5. The van der Waals surface area contributed by atoms with Crippen molar-refractivity contribution in [3.05, 3.63) is 48.1 Å². The Morgan fingerprint density at radius 1 is 1.08 bits per heavy atom. The van der Waals surface area contributed by atoms with Gasteiger partial charge in [0.25, 0.3) is 0 Å². The van der Waals surface area contributed by atoms with Gasteiger partial charge in [0.15, 0.2) is 0 Å². The van der Waals surface area contributed by atoms with Gasteiger partial charge >= 0.3 is 0 Å². The smallest absolute Gasteiger partial charge is 0.0273 e. The van der Waals surface area contributed by atoms with Gasteiger partial charge in [-0.25, -0.2) is 0 Å². The summed E-state index contributed by atoms with van der Waals surface area (Å²) in [6, 6.07) is 0. The zero-order valence-corrected chi connectivity index (χ0v) is 9.65. The van der Waals surface area contributed by atoms with E-state index in [1.807, 2.05) is 33.8 Å². The van der Waals surface area contributed by atoms with E-state index in [4.69, 9.17) is 0 Å². The van der Waals surface area contributed by atoms with Crippen LogP contribution in [0.2, 0.25) is 0 Å². The van der Waals surface area contributed by atoms with Gasteiger partial charge in [0.1, 0.15) is 0 Å². The third kappa shape index (κ3) is 6.15. The third-order valence-corrected chi connectivity index (χ3v) is 1.75. The Balaban J connectivity index is 0. The summed E-state index contributed by atoms with van der Waals surface area (Å²) >= 11 is 0. The molecule has 0 atom stereocenters. The molecule has 0 aromatic rings. The van der Waals surface area contributed by atoms with E-state index in [1.54, 1.807) is 6.08 Å². The van der Waals surface area contributed by atoms with Crippen LogP contribution in [0.15, 0.2) is 48.1 Å². The number of hydrogen-bond acceptors (Lipinski definition) is 0. The van der Waals surface area contributed by atoms with Crippen LogP contribution in [0.4, 0.5) is 0 Å². The summed E-state index contributed by atoms with van der Waals surface area (Å²) in [5.41, 5.74) is 3.49. The average Bonchev–Trinajstić information content (AvgIpc) is 2.19. The summed E-state index contributed by atoms with van der Waals surface area (Å²) in [5.74, 6) is 0. The molecule has 13 heavy (non-hydrogen) atoms. The second kappa shape index (κ2) is 9.05. The zero-order valence-electron chi connectivity index (χ0n) is 9.65. The summed E-state index contributed by atoms with van der Waals surface area (Å²) in [5, 5.41) is 0. The van der Waals surface area contributed by atoms with E-state index >= 15 is 0 Å². The molecule has 0 heterocycles. The van der Waals surface area contributed by atoms with Gasteiger partial charge in [-0.3, -0.25) is 0 Å². The lowest BCUT2D eigenvalue weighted by atomic mass is 10.0. The maximum atomic E-state index is 3.96. The topological polar surface area (TPSA) is 0 Å². The molecule has 0 rings (SSSR count). The van der Waals surface area contributed by atoms with Gasteiger partial charge in [-0.1, -0.05) is 45.2 Å². The highest BCUT2D eigenvalue weighted by atomic mass is 14.0. The van der Waals surface area contributed by atoms with Gasteiger partial charge < -0.3 is 0 Å². The lowest BCUT2D eigenvalue weighted by molar-refractivity contribution is 1.32. The van der Waals surface area contributed by atoms with Gasteiger partial charge in [0.2, 0.25) is 0 Å². The van der Waals surface area contributed by atoms with E-state index in [9.17, 15) is 0 Å². The molecule has 0 unspecified atom stereocenters. The largest absolute Gasteiger partial charge is 0.0991 e. The van der Waals surface area contributed by atoms with Gasteiger partial charge in [-0.05, 0) is 37.5 Å². The fourth-order valence-corrected chi connectivity index (χ4v) is 0.763. The summed E-state index contributed by atoms with van der Waals surface area (Å²) in [6.45, 7) is 17.7. The number of allylic oxidation sites excluding steroid dienone is 6. The van der Waals surface area contributed by atoms with Crippen LogP contribution in [0.3, 0.4) is 0 Å². The fraction of sp³-hybridized carbons (Fsp3) is 0.385. The predicted octanol–water partition coefficient (Wildman–Crippen LogP) is 4.67. The lowest BCUT2D eigenvalue weighted by Gasteiger charge is -2.04. The minimum absolute atomic E-state index is 1.09. The second-order valence-electron chi connectivity index (χ2n) is 2.54. The molecule has 0 spiro atoms. The lowest BCUT2D eigenvalue weighted by Crippen LogP contribution is -1.84. The molecular formula is C13H22. The summed E-state index contributed by atoms with van der Waals surface area (Å²) in [7, 11) is 0. The van der Waals surface area contributed by atoms with Gasteiger partial charge in [-0.15, -0.1) is 0 Å². The van der Waals surface area contributed by atoms with Crippen LogP contribution in [0.1, 0.15) is 34.6 Å². The molecule has 0 heteroatoms. The van der Waals surface area contributed by atoms with Crippen LogP contribution < -0.4 is 0 Å². The maximum absolute atomic E-state index is 3.96. The van der Waals surface area contributed by atoms with E-state index in [1.165, 1.54) is 11.1 Å². The second-order valence-corrected chi connectivity index (χ2v) is 2.54. The first-order valence-corrected chi connectivity index (χ1v) is 4.75. The monoisotopic (exact) mass is 178 g/mol. The Morgan fingerprint density at radius 2 is 1.54 bits per heavy atom. The molecule has 0 aromatic carbocycles. The molecule has 0 bridgehead atoms. The van der Waals surface area contributed by atoms with E-state index in [0.717, 1.165) is 5.57 Å². The molecule has 0 aliphatic carbocycles. The van der Waals surface area contributed by atoms with Crippen LogP contribution in [0.25, 0.3) is 0 Å². The van der Waals surface area contributed by atoms with Crippen LogP contribution in [-0.4, -0.2) is 0 Å². The van der Waals surface area contributed by atoms with Crippen molar-refractivity contribution in [1.82, 2.24) is 0 Å². The Labute approximate surface area is 83.4 Å². The van der Waals surface area contributed by atoms with Crippen molar-refractivity contribution in [3.63, 3.8) is 0 Å². The highest BCUT2D eigenvalue weighted by Gasteiger charge is 1.95. The summed E-state index contributed by atoms with van der Waals surface area (Å²) in [6.07, 6.45) is 5.81. The summed E-state index contributed by atoms with van der Waals surface area (Å²) in [4.78, 5) is 0. The normalized spacial score (nSPS) is 11.5. The Kier molecular flexibility index (Phi) is 10.1. The average molecular weight is 178 g/mol. The fourth-order valence-electron chi connectivity index (χ4n) is 0.763. The summed E-state index contributed by atoms with van der Waals surface area (Å²) < 4.78 is 0. The van der Waals surface area contributed by atoms with Crippen molar-refractivity contribution in [2.24, 2.45) is 0 Å². The zero-order chi connectivity index (χ0) is 10.9. The van der Waals surface area contributed by atoms with E-state index in [2.05, 4.69) is 26.2 Å². The molecule has 0 amide bonds. The highest BCUT2D eigenvalue weighted by Crippen LogP contribution is 2.15. The van der Waals surface area contributed by atoms with Crippen LogP contribution in [0.5, 0.6) is 0 Å². The Bertz CT molecular complexity index is 214. The SMILES string of the molecule is C=C/C=C(/C)C(=C)/C(C)=C\C.CC. The first-order valence-electron chi connectivity index (χ1n) is 4.75. The molecule has 0 aliphatic rings. The van der Waals surface area contributed by atoms with Gasteiger partial charge in [-0.2, -0.15) is 0 Å². The van der Waals surface area contributed by atoms with E-state index in [-0.39, 0.29) is 0 Å². The van der Waals surface area contributed by atoms with Crippen molar-refractivity contribution in [3.8, 4) is 0 Å². The van der Waals surface area contributed by atoms with Crippen LogP contribution in [0, 0.1) is 0 Å². The minimum Gasteiger partial charge on any atom is -0.0991 e. The molecule has 0 radical (unpaired) electrons. The van der Waals surface area contributed by atoms with Crippen LogP contribution in [-0.2, 0) is 0 Å². The van der Waals surface area contributed by atoms with Gasteiger partial charge in [0, 0.05) is 0 Å². The molecule has 0 N–H and O–H groups in total. The molecule has 74 valence electrons. The molecule has 0 aromatic heterocycles. The molecule has 0 saturated carbocycles. The van der Waals surface area contributed by atoms with Crippen molar-refractivity contribution >= 4 is 0 Å². The van der Waals surface area contributed by atoms with Crippen LogP contribution >= 0.6 is 0 Å². The van der Waals surface area contributed by atoms with Crippen molar-refractivity contribution in [2.75, 3.05) is 0 Å². The highest BCUT2D eigenvalue weighted by molar-refractivity contribution is 5.43. The predicted molar refractivity (Wildman–Crippen MR) is 63.9 cm³/mol. The standard InChI is InChI=1S/C11H16.C2H6/c1-6-8-10(4)11(5)9(3)7-2;1-2/h6-8H,1,5H2,2-4H3;1-2H3/b9-7-,10-8-;. The maximum Gasteiger partial charge on any atom is -0.0273 e. The van der Waals surface area contributed by atoms with Crippen molar-refractivity contribution in [1.29, 1.82) is 0 Å². The van der Waals surface area contributed by atoms with Crippen molar-refractivity contribution < 1.29 is 0 Å². The Hall–Kier alpha value is -1.04. The number of rotatable bonds is 3. The van der Waals surface area contributed by atoms with E-state index < -0.39 is 0 Å². The quantitative estimate of drug-likeness (QED) is 0.551. The molecule has 0 saturated heterocycles. The Morgan fingerprint density at radius 3 is 1.85 bits per heavy atom. The molecular weight excluding hydrogens is 156 g/mol.